The lowest BCUT2D eigenvalue weighted by molar-refractivity contribution is -0.117. The van der Waals surface area contributed by atoms with E-state index in [-0.39, 0.29) is 17.8 Å². The molecule has 0 spiro atoms. The molecule has 1 fully saturated rings. The number of nitrogens with one attached hydrogen (secondary N) is 3. The van der Waals surface area contributed by atoms with Gasteiger partial charge in [-0.25, -0.2) is 4.79 Å². The monoisotopic (exact) mass is 477 g/mol. The molecule has 2 aliphatic heterocycles. The average Bonchev–Trinajstić information content (AvgIpc) is 3.32. The van der Waals surface area contributed by atoms with Gasteiger partial charge in [0.05, 0.1) is 0 Å². The topological polar surface area (TPSA) is 116 Å². The van der Waals surface area contributed by atoms with Crippen molar-refractivity contribution in [1.29, 1.82) is 0 Å². The highest BCUT2D eigenvalue weighted by atomic mass is 16.6. The van der Waals surface area contributed by atoms with Crippen molar-refractivity contribution in [3.63, 3.8) is 0 Å². The van der Waals surface area contributed by atoms with Crippen molar-refractivity contribution < 1.29 is 23.9 Å². The molecule has 5 rings (SSSR count). The standard InChI is InChI=1S/C25H27N5O5/c1-16(23(31)27-18-6-7-21-22(15-18)35-13-12-34-21)26-25(33)30-10-8-29(9-11-30)24(32)20-14-17-4-2-3-5-19(17)28-20/h2-7,14-16,28H,8-13H2,1H3,(H,26,33)(H,27,31)/t16-/m0/s1. The van der Waals surface area contributed by atoms with Crippen molar-refractivity contribution in [2.24, 2.45) is 0 Å². The van der Waals surface area contributed by atoms with Crippen LogP contribution in [-0.4, -0.2) is 78.1 Å². The number of ether oxygens (including phenoxy) is 2. The highest BCUT2D eigenvalue weighted by Crippen LogP contribution is 2.32. The van der Waals surface area contributed by atoms with Gasteiger partial charge >= 0.3 is 6.03 Å². The molecule has 0 bridgehead atoms. The number of nitrogens with zero attached hydrogens (tertiary/aromatic N) is 2. The summed E-state index contributed by atoms with van der Waals surface area (Å²) in [6, 6.07) is 13.7. The summed E-state index contributed by atoms with van der Waals surface area (Å²) in [5.74, 6) is 0.777. The summed E-state index contributed by atoms with van der Waals surface area (Å²) in [6.07, 6.45) is 0. The fourth-order valence-corrected chi connectivity index (χ4v) is 4.19. The number of hydrogen-bond donors (Lipinski definition) is 3. The number of amides is 4. The minimum Gasteiger partial charge on any atom is -0.486 e. The smallest absolute Gasteiger partial charge is 0.318 e. The third kappa shape index (κ3) is 4.86. The molecule has 35 heavy (non-hydrogen) atoms. The van der Waals surface area contributed by atoms with Crippen LogP contribution < -0.4 is 20.1 Å². The highest BCUT2D eigenvalue weighted by molar-refractivity contribution is 5.98. The second-order valence-corrected chi connectivity index (χ2v) is 8.57. The van der Waals surface area contributed by atoms with Crippen LogP contribution in [0.3, 0.4) is 0 Å². The molecule has 10 nitrogen and oxygen atoms in total. The van der Waals surface area contributed by atoms with E-state index in [1.807, 2.05) is 30.3 Å². The van der Waals surface area contributed by atoms with Crippen molar-refractivity contribution in [2.75, 3.05) is 44.7 Å². The average molecular weight is 478 g/mol. The van der Waals surface area contributed by atoms with Crippen molar-refractivity contribution in [3.05, 3.63) is 54.2 Å². The first-order valence-electron chi connectivity index (χ1n) is 11.6. The van der Waals surface area contributed by atoms with Crippen LogP contribution in [0.5, 0.6) is 11.5 Å². The summed E-state index contributed by atoms with van der Waals surface area (Å²) < 4.78 is 11.0. The maximum atomic E-state index is 12.9. The molecule has 4 amide bonds. The number of piperazine rings is 1. The van der Waals surface area contributed by atoms with Crippen LogP contribution >= 0.6 is 0 Å². The Morgan fingerprint density at radius 1 is 0.914 bits per heavy atom. The van der Waals surface area contributed by atoms with Crippen LogP contribution in [0.25, 0.3) is 10.9 Å². The zero-order chi connectivity index (χ0) is 24.4. The van der Waals surface area contributed by atoms with Gasteiger partial charge in [-0.2, -0.15) is 0 Å². The van der Waals surface area contributed by atoms with Gasteiger partial charge in [0.15, 0.2) is 11.5 Å². The van der Waals surface area contributed by atoms with Gasteiger partial charge in [-0.15, -0.1) is 0 Å². The third-order valence-electron chi connectivity index (χ3n) is 6.16. The molecule has 0 unspecified atom stereocenters. The molecular weight excluding hydrogens is 450 g/mol. The summed E-state index contributed by atoms with van der Waals surface area (Å²) in [4.78, 5) is 44.7. The van der Waals surface area contributed by atoms with Crippen molar-refractivity contribution >= 4 is 34.4 Å². The van der Waals surface area contributed by atoms with Gasteiger partial charge in [0, 0.05) is 48.8 Å². The zero-order valence-electron chi connectivity index (χ0n) is 19.4. The predicted molar refractivity (Wildman–Crippen MR) is 130 cm³/mol. The fraction of sp³-hybridized carbons (Fsp3) is 0.320. The number of urea groups is 1. The van der Waals surface area contributed by atoms with Crippen LogP contribution in [0, 0.1) is 0 Å². The number of aromatic amines is 1. The third-order valence-corrected chi connectivity index (χ3v) is 6.16. The van der Waals surface area contributed by atoms with Crippen LogP contribution in [0.1, 0.15) is 17.4 Å². The summed E-state index contributed by atoms with van der Waals surface area (Å²) in [5.41, 5.74) is 2.01. The SMILES string of the molecule is C[C@H](NC(=O)N1CCN(C(=O)c2cc3ccccc3[nH]2)CC1)C(=O)Nc1ccc2c(c1)OCCO2. The molecule has 3 aromatic rings. The van der Waals surface area contributed by atoms with E-state index in [1.165, 1.54) is 0 Å². The molecule has 0 aliphatic carbocycles. The van der Waals surface area contributed by atoms with E-state index in [4.69, 9.17) is 9.47 Å². The Morgan fingerprint density at radius 2 is 1.63 bits per heavy atom. The number of anilines is 1. The van der Waals surface area contributed by atoms with Gasteiger partial charge in [-0.3, -0.25) is 9.59 Å². The van der Waals surface area contributed by atoms with E-state index in [0.29, 0.717) is 62.3 Å². The van der Waals surface area contributed by atoms with E-state index in [9.17, 15) is 14.4 Å². The van der Waals surface area contributed by atoms with Crippen molar-refractivity contribution in [1.82, 2.24) is 20.1 Å². The molecule has 1 aromatic heterocycles. The summed E-state index contributed by atoms with van der Waals surface area (Å²) in [6.45, 7) is 4.17. The minimum atomic E-state index is -0.748. The number of benzene rings is 2. The van der Waals surface area contributed by atoms with Crippen LogP contribution in [0.2, 0.25) is 0 Å². The molecule has 10 heteroatoms. The van der Waals surface area contributed by atoms with Crippen molar-refractivity contribution in [3.8, 4) is 11.5 Å². The molecule has 1 saturated heterocycles. The molecule has 0 radical (unpaired) electrons. The molecule has 2 aliphatic rings. The second kappa shape index (κ2) is 9.57. The lowest BCUT2D eigenvalue weighted by Gasteiger charge is -2.35. The highest BCUT2D eigenvalue weighted by Gasteiger charge is 2.27. The quantitative estimate of drug-likeness (QED) is 0.534. The zero-order valence-corrected chi connectivity index (χ0v) is 19.4. The largest absolute Gasteiger partial charge is 0.486 e. The second-order valence-electron chi connectivity index (χ2n) is 8.57. The lowest BCUT2D eigenvalue weighted by atomic mass is 10.2. The summed E-state index contributed by atoms with van der Waals surface area (Å²) >= 11 is 0. The molecule has 3 N–H and O–H groups in total. The van der Waals surface area contributed by atoms with Crippen molar-refractivity contribution in [2.45, 2.75) is 13.0 Å². The van der Waals surface area contributed by atoms with Gasteiger partial charge in [0.1, 0.15) is 24.9 Å². The number of carbonyl (C=O) groups excluding carboxylic acids is 3. The van der Waals surface area contributed by atoms with Gasteiger partial charge < -0.3 is 34.9 Å². The van der Waals surface area contributed by atoms with Gasteiger partial charge in [0.2, 0.25) is 5.91 Å². The number of carbonyl (C=O) groups is 3. The molecule has 2 aromatic carbocycles. The Balaban J connectivity index is 1.11. The lowest BCUT2D eigenvalue weighted by Crippen LogP contribution is -2.55. The molecule has 1 atom stereocenters. The van der Waals surface area contributed by atoms with E-state index in [1.54, 1.807) is 34.9 Å². The Hall–Kier alpha value is -4.21. The first-order valence-corrected chi connectivity index (χ1v) is 11.6. The summed E-state index contributed by atoms with van der Waals surface area (Å²) in [5, 5.41) is 6.51. The minimum absolute atomic E-state index is 0.0894. The number of fused-ring (bicyclic) bond motifs is 2. The molecule has 182 valence electrons. The summed E-state index contributed by atoms with van der Waals surface area (Å²) in [7, 11) is 0. The van der Waals surface area contributed by atoms with E-state index in [2.05, 4.69) is 15.6 Å². The van der Waals surface area contributed by atoms with E-state index in [0.717, 1.165) is 10.9 Å². The number of H-pyrrole nitrogens is 1. The molecule has 3 heterocycles. The van der Waals surface area contributed by atoms with Gasteiger partial charge in [-0.1, -0.05) is 18.2 Å². The van der Waals surface area contributed by atoms with E-state index >= 15 is 0 Å². The number of para-hydroxylation sites is 1. The van der Waals surface area contributed by atoms with Crippen LogP contribution in [0.4, 0.5) is 10.5 Å². The number of aromatic nitrogens is 1. The maximum Gasteiger partial charge on any atom is 0.318 e. The predicted octanol–water partition coefficient (Wildman–Crippen LogP) is 2.43. The fourth-order valence-electron chi connectivity index (χ4n) is 4.19. The normalized spacial score (nSPS) is 16.0. The Kier molecular flexibility index (Phi) is 6.17. The Labute approximate surface area is 202 Å². The van der Waals surface area contributed by atoms with Gasteiger partial charge in [-0.05, 0) is 31.2 Å². The molecule has 0 saturated carbocycles. The number of hydrogen-bond acceptors (Lipinski definition) is 5. The Bertz CT molecular complexity index is 1230. The first-order chi connectivity index (χ1) is 17.0. The Morgan fingerprint density at radius 3 is 2.40 bits per heavy atom. The molecular formula is C25H27N5O5. The van der Waals surface area contributed by atoms with Gasteiger partial charge in [0.25, 0.3) is 5.91 Å². The van der Waals surface area contributed by atoms with E-state index < -0.39 is 6.04 Å². The van der Waals surface area contributed by atoms with Crippen LogP contribution in [0.15, 0.2) is 48.5 Å². The first kappa shape index (κ1) is 22.6. The number of rotatable bonds is 4. The maximum absolute atomic E-state index is 12.9. The van der Waals surface area contributed by atoms with Crippen LogP contribution in [-0.2, 0) is 4.79 Å².